The van der Waals surface area contributed by atoms with Gasteiger partial charge in [-0.05, 0) is 67.0 Å². The average molecular weight is 459 g/mol. The summed E-state index contributed by atoms with van der Waals surface area (Å²) in [6.45, 7) is 3.52. The molecule has 3 heterocycles. The van der Waals surface area contributed by atoms with E-state index in [1.54, 1.807) is 12.4 Å². The van der Waals surface area contributed by atoms with Crippen molar-refractivity contribution < 1.29 is 9.59 Å². The molecule has 1 saturated heterocycles. The van der Waals surface area contributed by atoms with E-state index in [1.807, 2.05) is 21.9 Å². The van der Waals surface area contributed by atoms with Crippen LogP contribution in [0.1, 0.15) is 78.0 Å². The number of carbonyl (C=O) groups excluding carboxylic acids is 2. The van der Waals surface area contributed by atoms with E-state index < -0.39 is 0 Å². The van der Waals surface area contributed by atoms with Crippen LogP contribution in [-0.4, -0.2) is 58.8 Å². The molecule has 34 heavy (non-hydrogen) atoms. The van der Waals surface area contributed by atoms with Crippen molar-refractivity contribution in [3.05, 3.63) is 58.9 Å². The lowest BCUT2D eigenvalue weighted by Crippen LogP contribution is -2.52. The Morgan fingerprint density at radius 3 is 2.47 bits per heavy atom. The highest BCUT2D eigenvalue weighted by molar-refractivity contribution is 6.11. The molecule has 178 valence electrons. The molecule has 1 aromatic carbocycles. The molecule has 2 aliphatic carbocycles. The Hall–Kier alpha value is -2.73. The predicted molar refractivity (Wildman–Crippen MR) is 132 cm³/mol. The van der Waals surface area contributed by atoms with Crippen LogP contribution < -0.4 is 4.90 Å². The van der Waals surface area contributed by atoms with Crippen LogP contribution in [0, 0.1) is 0 Å². The standard InChI is InChI=1S/C28H34N4O2/c33-27(31-14-12-30(13-15-31)22-8-2-1-3-9-22)18-26-24-16-20-6-4-7-21(20)17-25(24)28(34)32(26)23-10-5-11-29-19-23/h5,10-11,16-17,19,22,26H,1-4,6-9,12-15,18H2. The molecule has 2 aliphatic heterocycles. The number of hydrogen-bond donors (Lipinski definition) is 0. The predicted octanol–water partition coefficient (Wildman–Crippen LogP) is 4.14. The van der Waals surface area contributed by atoms with Gasteiger partial charge < -0.3 is 4.90 Å². The molecule has 0 N–H and O–H groups in total. The SMILES string of the molecule is O=C(CC1c2cc3c(cc2C(=O)N1c1cccnc1)CCC3)N1CCN(C2CCCCC2)CC1. The number of benzene rings is 1. The molecule has 0 spiro atoms. The lowest BCUT2D eigenvalue weighted by Gasteiger charge is -2.41. The summed E-state index contributed by atoms with van der Waals surface area (Å²) in [6.07, 6.45) is 13.7. The second-order valence-corrected chi connectivity index (χ2v) is 10.4. The van der Waals surface area contributed by atoms with Gasteiger partial charge in [-0.15, -0.1) is 0 Å². The molecular weight excluding hydrogens is 424 g/mol. The zero-order chi connectivity index (χ0) is 23.1. The minimum Gasteiger partial charge on any atom is -0.340 e. The first-order valence-corrected chi connectivity index (χ1v) is 13.1. The van der Waals surface area contributed by atoms with Gasteiger partial charge in [0.15, 0.2) is 0 Å². The summed E-state index contributed by atoms with van der Waals surface area (Å²) in [5.74, 6) is 0.154. The molecule has 1 atom stereocenters. The highest BCUT2D eigenvalue weighted by Gasteiger charge is 2.41. The number of nitrogens with zero attached hydrogens (tertiary/aromatic N) is 4. The quantitative estimate of drug-likeness (QED) is 0.691. The summed E-state index contributed by atoms with van der Waals surface area (Å²) < 4.78 is 0. The van der Waals surface area contributed by atoms with Crippen molar-refractivity contribution in [1.29, 1.82) is 0 Å². The maximum Gasteiger partial charge on any atom is 0.259 e. The molecule has 0 bridgehead atoms. The number of anilines is 1. The van der Waals surface area contributed by atoms with Crippen LogP contribution in [-0.2, 0) is 17.6 Å². The van der Waals surface area contributed by atoms with E-state index in [0.29, 0.717) is 12.5 Å². The third-order valence-corrected chi connectivity index (χ3v) is 8.43. The van der Waals surface area contributed by atoms with E-state index in [-0.39, 0.29) is 17.9 Å². The van der Waals surface area contributed by atoms with Crippen molar-refractivity contribution in [2.45, 2.75) is 69.9 Å². The average Bonchev–Trinajstić information content (AvgIpc) is 3.46. The monoisotopic (exact) mass is 458 g/mol. The molecule has 4 aliphatic rings. The normalized spacial score (nSPS) is 23.3. The maximum atomic E-state index is 13.5. The summed E-state index contributed by atoms with van der Waals surface area (Å²) in [6, 6.07) is 8.52. The number of pyridine rings is 1. The number of piperazine rings is 1. The van der Waals surface area contributed by atoms with Gasteiger partial charge in [-0.25, -0.2) is 0 Å². The number of rotatable bonds is 4. The Kier molecular flexibility index (Phi) is 5.85. The maximum absolute atomic E-state index is 13.5. The van der Waals surface area contributed by atoms with Gasteiger partial charge in [-0.3, -0.25) is 24.4 Å². The first-order valence-electron chi connectivity index (χ1n) is 13.1. The molecule has 0 radical (unpaired) electrons. The molecule has 6 nitrogen and oxygen atoms in total. The number of fused-ring (bicyclic) bond motifs is 2. The number of aromatic nitrogens is 1. The third-order valence-electron chi connectivity index (χ3n) is 8.43. The Morgan fingerprint density at radius 1 is 0.971 bits per heavy atom. The first-order chi connectivity index (χ1) is 16.7. The van der Waals surface area contributed by atoms with E-state index in [9.17, 15) is 9.59 Å². The highest BCUT2D eigenvalue weighted by Crippen LogP contribution is 2.42. The van der Waals surface area contributed by atoms with Crippen LogP contribution in [0.2, 0.25) is 0 Å². The van der Waals surface area contributed by atoms with E-state index in [2.05, 4.69) is 22.0 Å². The third kappa shape index (κ3) is 3.92. The van der Waals surface area contributed by atoms with Gasteiger partial charge in [0.05, 0.1) is 24.3 Å². The van der Waals surface area contributed by atoms with Crippen LogP contribution in [0.4, 0.5) is 5.69 Å². The van der Waals surface area contributed by atoms with Gasteiger partial charge in [0.2, 0.25) is 5.91 Å². The molecule has 2 amide bonds. The topological polar surface area (TPSA) is 56.8 Å². The van der Waals surface area contributed by atoms with Crippen molar-refractivity contribution in [1.82, 2.24) is 14.8 Å². The second-order valence-electron chi connectivity index (χ2n) is 10.4. The van der Waals surface area contributed by atoms with Crippen molar-refractivity contribution in [2.24, 2.45) is 0 Å². The summed E-state index contributed by atoms with van der Waals surface area (Å²) in [4.78, 5) is 37.8. The summed E-state index contributed by atoms with van der Waals surface area (Å²) in [7, 11) is 0. The Labute approximate surface area is 201 Å². The fourth-order valence-corrected chi connectivity index (χ4v) is 6.59. The number of aryl methyl sites for hydroxylation is 2. The number of hydrogen-bond acceptors (Lipinski definition) is 4. The minimum absolute atomic E-state index is 0.00221. The number of amides is 2. The molecule has 6 rings (SSSR count). The van der Waals surface area contributed by atoms with Crippen LogP contribution >= 0.6 is 0 Å². The summed E-state index contributed by atoms with van der Waals surface area (Å²) >= 11 is 0. The van der Waals surface area contributed by atoms with Gasteiger partial charge in [0, 0.05) is 44.0 Å². The molecule has 1 saturated carbocycles. The second kappa shape index (κ2) is 9.14. The highest BCUT2D eigenvalue weighted by atomic mass is 16.2. The summed E-state index contributed by atoms with van der Waals surface area (Å²) in [5.41, 5.74) is 5.19. The van der Waals surface area contributed by atoms with E-state index >= 15 is 0 Å². The molecule has 6 heteroatoms. The van der Waals surface area contributed by atoms with E-state index in [1.165, 1.54) is 43.2 Å². The van der Waals surface area contributed by atoms with Gasteiger partial charge in [0.1, 0.15) is 0 Å². The van der Waals surface area contributed by atoms with Crippen molar-refractivity contribution in [3.8, 4) is 0 Å². The Morgan fingerprint density at radius 2 is 1.74 bits per heavy atom. The molecule has 1 aromatic heterocycles. The molecule has 2 aromatic rings. The lowest BCUT2D eigenvalue weighted by molar-refractivity contribution is -0.133. The van der Waals surface area contributed by atoms with Crippen molar-refractivity contribution in [3.63, 3.8) is 0 Å². The van der Waals surface area contributed by atoms with E-state index in [4.69, 9.17) is 0 Å². The number of carbonyl (C=O) groups is 2. The van der Waals surface area contributed by atoms with Crippen LogP contribution in [0.25, 0.3) is 0 Å². The zero-order valence-corrected chi connectivity index (χ0v) is 19.9. The Bertz CT molecular complexity index is 1070. The molecular formula is C28H34N4O2. The van der Waals surface area contributed by atoms with Crippen molar-refractivity contribution in [2.75, 3.05) is 31.1 Å². The van der Waals surface area contributed by atoms with Crippen LogP contribution in [0.3, 0.4) is 0 Å². The van der Waals surface area contributed by atoms with Gasteiger partial charge >= 0.3 is 0 Å². The first kappa shape index (κ1) is 21.8. The van der Waals surface area contributed by atoms with Crippen LogP contribution in [0.5, 0.6) is 0 Å². The largest absolute Gasteiger partial charge is 0.340 e. The minimum atomic E-state index is -0.263. The van der Waals surface area contributed by atoms with Gasteiger partial charge in [-0.1, -0.05) is 25.3 Å². The van der Waals surface area contributed by atoms with Crippen molar-refractivity contribution >= 4 is 17.5 Å². The fourth-order valence-electron chi connectivity index (χ4n) is 6.59. The van der Waals surface area contributed by atoms with Gasteiger partial charge in [-0.2, -0.15) is 0 Å². The molecule has 1 unspecified atom stereocenters. The lowest BCUT2D eigenvalue weighted by atomic mass is 9.93. The zero-order valence-electron chi connectivity index (χ0n) is 19.9. The smallest absolute Gasteiger partial charge is 0.259 e. The van der Waals surface area contributed by atoms with Gasteiger partial charge in [0.25, 0.3) is 5.91 Å². The summed E-state index contributed by atoms with van der Waals surface area (Å²) in [5, 5.41) is 0. The van der Waals surface area contributed by atoms with E-state index in [0.717, 1.165) is 62.3 Å². The molecule has 2 fully saturated rings. The van der Waals surface area contributed by atoms with Crippen LogP contribution in [0.15, 0.2) is 36.7 Å². The Balaban J connectivity index is 1.22. The fraction of sp³-hybridized carbons (Fsp3) is 0.536.